The van der Waals surface area contributed by atoms with Gasteiger partial charge < -0.3 is 4.90 Å². The van der Waals surface area contributed by atoms with Crippen LogP contribution in [0.15, 0.2) is 78.9 Å². The van der Waals surface area contributed by atoms with Gasteiger partial charge in [0.05, 0.1) is 29.1 Å². The van der Waals surface area contributed by atoms with Crippen molar-refractivity contribution in [3.8, 4) is 17.3 Å². The molecule has 0 aliphatic carbocycles. The second kappa shape index (κ2) is 8.20. The van der Waals surface area contributed by atoms with Gasteiger partial charge in [0.1, 0.15) is 0 Å². The molecule has 0 amide bonds. The zero-order chi connectivity index (χ0) is 22.0. The quantitative estimate of drug-likeness (QED) is 0.529. The van der Waals surface area contributed by atoms with Gasteiger partial charge in [-0.15, -0.1) is 0 Å². The minimum absolute atomic E-state index is 0.101. The van der Waals surface area contributed by atoms with E-state index in [2.05, 4.69) is 74.2 Å². The van der Waals surface area contributed by atoms with Crippen LogP contribution in [0.3, 0.4) is 0 Å². The highest BCUT2D eigenvalue weighted by molar-refractivity contribution is 5.68. The van der Waals surface area contributed by atoms with Gasteiger partial charge in [-0.3, -0.25) is 0 Å². The molecule has 0 saturated carbocycles. The molecule has 0 bridgehead atoms. The Bertz CT molecular complexity index is 1180. The first-order chi connectivity index (χ1) is 14.9. The summed E-state index contributed by atoms with van der Waals surface area (Å²) in [6.45, 7) is 8.64. The van der Waals surface area contributed by atoms with Gasteiger partial charge in [-0.1, -0.05) is 54.6 Å². The van der Waals surface area contributed by atoms with E-state index >= 15 is 0 Å². The number of hydrogen-bond acceptors (Lipinski definition) is 4. The fourth-order valence-corrected chi connectivity index (χ4v) is 3.99. The van der Waals surface area contributed by atoms with Crippen molar-refractivity contribution in [3.63, 3.8) is 0 Å². The van der Waals surface area contributed by atoms with Gasteiger partial charge in [0, 0.05) is 16.8 Å². The fourth-order valence-electron chi connectivity index (χ4n) is 3.99. The Kier molecular flexibility index (Phi) is 5.44. The smallest absolute Gasteiger partial charge is 0.176 e. The van der Waals surface area contributed by atoms with Crippen molar-refractivity contribution < 1.29 is 0 Å². The largest absolute Gasteiger partial charge is 0.353 e. The van der Waals surface area contributed by atoms with E-state index in [1.54, 1.807) is 0 Å². The number of rotatable bonds is 3. The lowest BCUT2D eigenvalue weighted by atomic mass is 9.93. The van der Waals surface area contributed by atoms with E-state index in [-0.39, 0.29) is 11.6 Å². The van der Waals surface area contributed by atoms with Crippen LogP contribution < -0.4 is 0 Å². The van der Waals surface area contributed by atoms with Crippen LogP contribution in [0.25, 0.3) is 17.0 Å². The highest BCUT2D eigenvalue weighted by atomic mass is 15.2. The topological polar surface area (TPSA) is 52.8 Å². The number of nitriles is 1. The zero-order valence-corrected chi connectivity index (χ0v) is 18.4. The number of allylic oxidation sites excluding steroid dienone is 2. The summed E-state index contributed by atoms with van der Waals surface area (Å²) >= 11 is 0. The van der Waals surface area contributed by atoms with E-state index in [1.165, 1.54) is 5.56 Å². The summed E-state index contributed by atoms with van der Waals surface area (Å²) in [6.07, 6.45) is 6.42. The molecule has 0 N–H and O–H groups in total. The second-order valence-electron chi connectivity index (χ2n) is 8.74. The molecule has 0 radical (unpaired) electrons. The molecule has 1 aliphatic heterocycles. The third kappa shape index (κ3) is 4.27. The Morgan fingerprint density at radius 3 is 2.32 bits per heavy atom. The molecule has 4 heteroatoms. The monoisotopic (exact) mass is 406 g/mol. The van der Waals surface area contributed by atoms with E-state index < -0.39 is 0 Å². The minimum Gasteiger partial charge on any atom is -0.353 e. The molecule has 1 atom stereocenters. The molecule has 4 rings (SSSR count). The Morgan fingerprint density at radius 1 is 0.968 bits per heavy atom. The van der Waals surface area contributed by atoms with Gasteiger partial charge in [0.25, 0.3) is 0 Å². The maximum Gasteiger partial charge on any atom is 0.176 e. The molecule has 0 saturated heterocycles. The lowest BCUT2D eigenvalue weighted by molar-refractivity contribution is 0.183. The third-order valence-electron chi connectivity index (χ3n) is 5.34. The molecule has 1 aliphatic rings. The molecule has 2 heterocycles. The van der Waals surface area contributed by atoms with Crippen LogP contribution in [0.1, 0.15) is 49.5 Å². The summed E-state index contributed by atoms with van der Waals surface area (Å²) in [5.41, 5.74) is 5.47. The molecule has 0 fully saturated rings. The summed E-state index contributed by atoms with van der Waals surface area (Å²) in [4.78, 5) is 12.1. The molecule has 0 spiro atoms. The van der Waals surface area contributed by atoms with Crippen molar-refractivity contribution in [2.24, 2.45) is 0 Å². The van der Waals surface area contributed by atoms with Crippen LogP contribution in [0.2, 0.25) is 0 Å². The third-order valence-corrected chi connectivity index (χ3v) is 5.34. The molecular formula is C27H26N4. The summed E-state index contributed by atoms with van der Waals surface area (Å²) in [5, 5.41) is 9.09. The van der Waals surface area contributed by atoms with Gasteiger partial charge in [-0.2, -0.15) is 5.26 Å². The van der Waals surface area contributed by atoms with Gasteiger partial charge >= 0.3 is 0 Å². The summed E-state index contributed by atoms with van der Waals surface area (Å²) < 4.78 is 0. The van der Waals surface area contributed by atoms with Gasteiger partial charge in [0.15, 0.2) is 5.82 Å². The van der Waals surface area contributed by atoms with E-state index in [0.29, 0.717) is 11.4 Å². The molecule has 4 nitrogen and oxygen atoms in total. The maximum atomic E-state index is 9.09. The Labute approximate surface area is 184 Å². The summed E-state index contributed by atoms with van der Waals surface area (Å²) in [7, 11) is 0. The first kappa shape index (κ1) is 20.6. The first-order valence-electron chi connectivity index (χ1n) is 10.5. The van der Waals surface area contributed by atoms with Crippen LogP contribution in [-0.4, -0.2) is 20.4 Å². The Balaban J connectivity index is 1.80. The number of benzene rings is 2. The Morgan fingerprint density at radius 2 is 1.68 bits per heavy atom. The van der Waals surface area contributed by atoms with E-state index in [1.807, 2.05) is 43.3 Å². The van der Waals surface area contributed by atoms with Crippen molar-refractivity contribution in [1.29, 1.82) is 5.26 Å². The summed E-state index contributed by atoms with van der Waals surface area (Å²) in [5.74, 6) is 0.708. The van der Waals surface area contributed by atoms with Crippen LogP contribution in [0.4, 0.5) is 0 Å². The predicted octanol–water partition coefficient (Wildman–Crippen LogP) is 6.08. The maximum absolute atomic E-state index is 9.09. The van der Waals surface area contributed by atoms with Crippen LogP contribution in [-0.2, 0) is 0 Å². The van der Waals surface area contributed by atoms with Gasteiger partial charge in [0.2, 0.25) is 0 Å². The van der Waals surface area contributed by atoms with Crippen molar-refractivity contribution in [1.82, 2.24) is 14.9 Å². The number of nitrogens with zero attached hydrogens (tertiary/aromatic N) is 4. The van der Waals surface area contributed by atoms with E-state index in [4.69, 9.17) is 15.2 Å². The van der Waals surface area contributed by atoms with Gasteiger partial charge in [-0.05, 0) is 57.5 Å². The SMILES string of the molecule is Cc1cc(-c2ccc(C#N)cc2)nc(C2=CC=CC(c3ccccc3)N2C(C)(C)C)n1. The van der Waals surface area contributed by atoms with Crippen LogP contribution in [0.5, 0.6) is 0 Å². The average molecular weight is 407 g/mol. The van der Waals surface area contributed by atoms with Crippen molar-refractivity contribution in [3.05, 3.63) is 102 Å². The molecule has 3 aromatic rings. The molecule has 1 aromatic heterocycles. The number of aryl methyl sites for hydroxylation is 1. The molecular weight excluding hydrogens is 380 g/mol. The van der Waals surface area contributed by atoms with E-state index in [0.717, 1.165) is 22.6 Å². The summed E-state index contributed by atoms with van der Waals surface area (Å²) in [6, 6.07) is 22.3. The molecule has 1 unspecified atom stereocenters. The Hall–Kier alpha value is -3.71. The number of aromatic nitrogens is 2. The van der Waals surface area contributed by atoms with Crippen LogP contribution >= 0.6 is 0 Å². The lowest BCUT2D eigenvalue weighted by Gasteiger charge is -2.45. The van der Waals surface area contributed by atoms with Crippen molar-refractivity contribution >= 4 is 5.70 Å². The number of hydrogen-bond donors (Lipinski definition) is 0. The van der Waals surface area contributed by atoms with Crippen molar-refractivity contribution in [2.45, 2.75) is 39.3 Å². The minimum atomic E-state index is -0.140. The molecule has 31 heavy (non-hydrogen) atoms. The molecule has 2 aromatic carbocycles. The standard InChI is InChI=1S/C27H26N4/c1-19-17-23(21-15-13-20(18-28)14-16-21)30-26(29-19)25-12-8-11-24(31(25)27(2,3)4)22-9-6-5-7-10-22/h5-17,24H,1-4H3. The normalized spacial score (nSPS) is 16.0. The first-order valence-corrected chi connectivity index (χ1v) is 10.5. The highest BCUT2D eigenvalue weighted by Crippen LogP contribution is 2.39. The second-order valence-corrected chi connectivity index (χ2v) is 8.74. The lowest BCUT2D eigenvalue weighted by Crippen LogP contribution is -2.43. The van der Waals surface area contributed by atoms with Crippen molar-refractivity contribution in [2.75, 3.05) is 0 Å². The fraction of sp³-hybridized carbons (Fsp3) is 0.222. The predicted molar refractivity (Wildman–Crippen MR) is 125 cm³/mol. The zero-order valence-electron chi connectivity index (χ0n) is 18.4. The highest BCUT2D eigenvalue weighted by Gasteiger charge is 2.33. The average Bonchev–Trinajstić information content (AvgIpc) is 2.78. The van der Waals surface area contributed by atoms with Gasteiger partial charge in [-0.25, -0.2) is 9.97 Å². The van der Waals surface area contributed by atoms with E-state index in [9.17, 15) is 0 Å². The van der Waals surface area contributed by atoms with Crippen LogP contribution in [0, 0.1) is 18.3 Å². The molecule has 154 valence electrons.